The van der Waals surface area contributed by atoms with E-state index >= 15 is 0 Å². The first-order valence-electron chi connectivity index (χ1n) is 6.25. The highest BCUT2D eigenvalue weighted by Gasteiger charge is 2.14. The summed E-state index contributed by atoms with van der Waals surface area (Å²) in [4.78, 5) is 13.5. The lowest BCUT2D eigenvalue weighted by Crippen LogP contribution is -2.26. The van der Waals surface area contributed by atoms with Gasteiger partial charge in [-0.15, -0.1) is 0 Å². The number of benzene rings is 2. The summed E-state index contributed by atoms with van der Waals surface area (Å²) in [5, 5.41) is 0. The van der Waals surface area contributed by atoms with Gasteiger partial charge in [0.25, 0.3) is 0 Å². The maximum Gasteiger partial charge on any atom is 0.224 e. The predicted molar refractivity (Wildman–Crippen MR) is 80.3 cm³/mol. The minimum Gasteiger partial charge on any atom is -0.308 e. The molecular weight excluding hydrogens is 248 g/mol. The van der Waals surface area contributed by atoms with Crippen molar-refractivity contribution in [1.82, 2.24) is 11.1 Å². The zero-order chi connectivity index (χ0) is 13.7. The van der Waals surface area contributed by atoms with Crippen molar-refractivity contribution in [1.29, 1.82) is 0 Å². The number of carbonyl (C=O) groups is 1. The topological polar surface area (TPSA) is 50.8 Å². The Morgan fingerprint density at radius 3 is 2.00 bits per heavy atom. The minimum atomic E-state index is -0.00212. The van der Waals surface area contributed by atoms with Crippen LogP contribution in [-0.4, -0.2) is 10.8 Å². The quantitative estimate of drug-likeness (QED) is 0.837. The third kappa shape index (κ3) is 3.80. The van der Waals surface area contributed by atoms with E-state index < -0.39 is 0 Å². The van der Waals surface area contributed by atoms with Crippen LogP contribution >= 0.6 is 0 Å². The third-order valence-electron chi connectivity index (χ3n) is 3.00. The van der Waals surface area contributed by atoms with Crippen LogP contribution in [-0.2, 0) is 11.3 Å². The van der Waals surface area contributed by atoms with Crippen LogP contribution in [0.5, 0.6) is 0 Å². The van der Waals surface area contributed by atoms with Crippen LogP contribution in [0.2, 0.25) is 0 Å². The highest BCUT2D eigenvalue weighted by atomic mass is 16.2. The molecule has 2 aromatic carbocycles. The highest BCUT2D eigenvalue weighted by molar-refractivity contribution is 5.84. The lowest BCUT2D eigenvalue weighted by molar-refractivity contribution is -0.126. The number of nitrogens with zero attached hydrogens (tertiary/aromatic N) is 2. The Labute approximate surface area is 120 Å². The Morgan fingerprint density at radius 1 is 1.00 bits per heavy atom. The molecular formula is C17H17N2O. The van der Waals surface area contributed by atoms with Crippen LogP contribution in [0.15, 0.2) is 67.2 Å². The van der Waals surface area contributed by atoms with Crippen molar-refractivity contribution in [2.24, 2.45) is 0 Å². The van der Waals surface area contributed by atoms with Crippen LogP contribution < -0.4 is 6.15 Å². The summed E-state index contributed by atoms with van der Waals surface area (Å²) in [6.45, 7) is 6.16. The molecule has 0 saturated heterocycles. The minimum absolute atomic E-state index is 0. The van der Waals surface area contributed by atoms with Gasteiger partial charge in [-0.3, -0.25) is 4.79 Å². The Bertz CT molecular complexity index is 564. The van der Waals surface area contributed by atoms with E-state index in [1.807, 2.05) is 60.7 Å². The summed E-state index contributed by atoms with van der Waals surface area (Å²) < 4.78 is 0. The van der Waals surface area contributed by atoms with E-state index in [9.17, 15) is 4.79 Å². The Morgan fingerprint density at radius 2 is 1.50 bits per heavy atom. The second kappa shape index (κ2) is 7.26. The normalized spacial score (nSPS) is 9.45. The molecule has 2 aromatic rings. The molecule has 0 aliphatic heterocycles. The van der Waals surface area contributed by atoms with E-state index in [1.165, 1.54) is 0 Å². The first-order chi connectivity index (χ1) is 9.18. The molecule has 0 aromatic heterocycles. The molecule has 0 heterocycles. The van der Waals surface area contributed by atoms with Crippen LogP contribution in [0.3, 0.4) is 0 Å². The van der Waals surface area contributed by atoms with Gasteiger partial charge in [0.1, 0.15) is 0 Å². The molecule has 1 amide bonds. The second-order valence-corrected chi connectivity index (χ2v) is 4.40. The largest absolute Gasteiger partial charge is 0.308 e. The zero-order valence-electron chi connectivity index (χ0n) is 11.5. The van der Waals surface area contributed by atoms with Gasteiger partial charge < -0.3 is 4.90 Å². The van der Waals surface area contributed by atoms with Crippen molar-refractivity contribution < 1.29 is 4.79 Å². The molecule has 0 saturated carbocycles. The number of hydrogen-bond donors (Lipinski definition) is 0. The molecule has 0 bridgehead atoms. The molecule has 0 aliphatic rings. The van der Waals surface area contributed by atoms with Crippen LogP contribution in [0.4, 0.5) is 0 Å². The van der Waals surface area contributed by atoms with Crippen molar-refractivity contribution in [3.63, 3.8) is 0 Å². The predicted octanol–water partition coefficient (Wildman–Crippen LogP) is 3.23. The van der Waals surface area contributed by atoms with Crippen LogP contribution in [0, 0.1) is 0 Å². The molecule has 2 rings (SSSR count). The molecule has 20 heavy (non-hydrogen) atoms. The Hall–Kier alpha value is -2.39. The first-order valence-corrected chi connectivity index (χ1v) is 6.25. The highest BCUT2D eigenvalue weighted by Crippen LogP contribution is 2.19. The maximum atomic E-state index is 11.8. The lowest BCUT2D eigenvalue weighted by Gasteiger charge is -2.23. The molecule has 0 unspecified atom stereocenters. The fourth-order valence-electron chi connectivity index (χ4n) is 1.95. The molecule has 3 heteroatoms. The molecule has 0 fully saturated rings. The van der Waals surface area contributed by atoms with Crippen LogP contribution in [0.1, 0.15) is 18.1 Å². The van der Waals surface area contributed by atoms with E-state index in [0.29, 0.717) is 6.54 Å². The summed E-state index contributed by atoms with van der Waals surface area (Å²) >= 11 is 0. The maximum absolute atomic E-state index is 11.8. The van der Waals surface area contributed by atoms with Gasteiger partial charge in [0.2, 0.25) is 5.91 Å². The van der Waals surface area contributed by atoms with Gasteiger partial charge in [-0.05, 0) is 11.1 Å². The van der Waals surface area contributed by atoms with Gasteiger partial charge in [-0.2, -0.15) is 0 Å². The Balaban J connectivity index is 0.00000200. The van der Waals surface area contributed by atoms with Crippen molar-refractivity contribution >= 4 is 11.6 Å². The number of hydrogen-bond acceptors (Lipinski definition) is 1. The molecule has 101 valence electrons. The number of rotatable bonds is 4. The third-order valence-corrected chi connectivity index (χ3v) is 3.00. The number of amides is 1. The first kappa shape index (κ1) is 15.7. The standard InChI is InChI=1S/C17H17NO.N/c1-14(17-11-7-4-8-12-17)18(15(2)19)13-16-9-5-3-6-10-16;/h3-12H,1,13H2,2H3;. The molecule has 0 atom stereocenters. The van der Waals surface area contributed by atoms with Crippen molar-refractivity contribution in [2.75, 3.05) is 0 Å². The molecule has 0 N–H and O–H groups in total. The van der Waals surface area contributed by atoms with E-state index in [-0.39, 0.29) is 12.1 Å². The van der Waals surface area contributed by atoms with Gasteiger partial charge in [-0.1, -0.05) is 67.2 Å². The smallest absolute Gasteiger partial charge is 0.224 e. The summed E-state index contributed by atoms with van der Waals surface area (Å²) in [5.41, 5.74) is 2.79. The van der Waals surface area contributed by atoms with E-state index in [0.717, 1.165) is 16.8 Å². The van der Waals surface area contributed by atoms with E-state index in [2.05, 4.69) is 6.58 Å². The van der Waals surface area contributed by atoms with Gasteiger partial charge in [0.05, 0.1) is 6.54 Å². The molecule has 3 radical (unpaired) electrons. The summed E-state index contributed by atoms with van der Waals surface area (Å²) in [6.07, 6.45) is 0. The van der Waals surface area contributed by atoms with Crippen LogP contribution in [0.25, 0.3) is 5.70 Å². The van der Waals surface area contributed by atoms with Crippen molar-refractivity contribution in [2.45, 2.75) is 13.5 Å². The van der Waals surface area contributed by atoms with E-state index in [4.69, 9.17) is 0 Å². The molecule has 0 aliphatic carbocycles. The fraction of sp³-hybridized carbons (Fsp3) is 0.118. The zero-order valence-corrected chi connectivity index (χ0v) is 11.5. The fourth-order valence-corrected chi connectivity index (χ4v) is 1.95. The monoisotopic (exact) mass is 265 g/mol. The van der Waals surface area contributed by atoms with Gasteiger partial charge in [-0.25, -0.2) is 0 Å². The average Bonchev–Trinajstić information content (AvgIpc) is 2.46. The van der Waals surface area contributed by atoms with E-state index in [1.54, 1.807) is 11.8 Å². The lowest BCUT2D eigenvalue weighted by atomic mass is 10.1. The van der Waals surface area contributed by atoms with Gasteiger partial charge >= 0.3 is 0 Å². The van der Waals surface area contributed by atoms with Crippen molar-refractivity contribution in [3.8, 4) is 0 Å². The van der Waals surface area contributed by atoms with Gasteiger partial charge in [0.15, 0.2) is 0 Å². The van der Waals surface area contributed by atoms with Crippen molar-refractivity contribution in [3.05, 3.63) is 78.4 Å². The second-order valence-electron chi connectivity index (χ2n) is 4.40. The summed E-state index contributed by atoms with van der Waals surface area (Å²) in [5.74, 6) is -0.00212. The summed E-state index contributed by atoms with van der Waals surface area (Å²) in [7, 11) is 0. The number of carbonyl (C=O) groups excluding carboxylic acids is 1. The molecule has 3 nitrogen and oxygen atoms in total. The molecule has 0 spiro atoms. The summed E-state index contributed by atoms with van der Waals surface area (Å²) in [6, 6.07) is 19.7. The Kier molecular flexibility index (Phi) is 5.69. The average molecular weight is 265 g/mol. The van der Waals surface area contributed by atoms with Gasteiger partial charge in [0, 0.05) is 18.8 Å². The SMILES string of the molecule is C=C(c1ccccc1)N(Cc1ccccc1)C(C)=O.[N].